The van der Waals surface area contributed by atoms with Gasteiger partial charge in [-0.3, -0.25) is 9.59 Å². The molecule has 26 heavy (non-hydrogen) atoms. The zero-order chi connectivity index (χ0) is 18.4. The molecule has 1 atom stereocenters. The van der Waals surface area contributed by atoms with E-state index in [-0.39, 0.29) is 11.8 Å². The average molecular weight is 433 g/mol. The van der Waals surface area contributed by atoms with Crippen molar-refractivity contribution in [2.24, 2.45) is 0 Å². The third kappa shape index (κ3) is 5.29. The number of benzene rings is 1. The Bertz CT molecular complexity index is 782. The molecule has 3 rings (SSSR count). The number of carbonyl (C=O) groups excluding carboxylic acids is 2. The van der Waals surface area contributed by atoms with Crippen molar-refractivity contribution in [3.05, 3.63) is 62.8 Å². The Morgan fingerprint density at radius 3 is 2.54 bits per heavy atom. The minimum atomic E-state index is -0.539. The van der Waals surface area contributed by atoms with Gasteiger partial charge in [0.15, 0.2) is 0 Å². The molecule has 0 spiro atoms. The van der Waals surface area contributed by atoms with Crippen LogP contribution >= 0.6 is 27.3 Å². The van der Waals surface area contributed by atoms with Crippen LogP contribution < -0.4 is 5.32 Å². The summed E-state index contributed by atoms with van der Waals surface area (Å²) in [5.74, 6) is -0.241. The minimum absolute atomic E-state index is 0.00645. The summed E-state index contributed by atoms with van der Waals surface area (Å²) in [4.78, 5) is 28.1. The van der Waals surface area contributed by atoms with Crippen LogP contribution in [0.2, 0.25) is 0 Å². The summed E-state index contributed by atoms with van der Waals surface area (Å²) in [6.07, 6.45) is 5.83. The van der Waals surface area contributed by atoms with Gasteiger partial charge in [-0.05, 0) is 52.5 Å². The van der Waals surface area contributed by atoms with Gasteiger partial charge in [0.25, 0.3) is 0 Å². The summed E-state index contributed by atoms with van der Waals surface area (Å²) >= 11 is 4.96. The average Bonchev–Trinajstić information content (AvgIpc) is 3.31. The third-order valence-electron chi connectivity index (χ3n) is 4.31. The summed E-state index contributed by atoms with van der Waals surface area (Å²) < 4.78 is 1.02. The first-order valence-corrected chi connectivity index (χ1v) is 10.3. The number of hydrogen-bond donors (Lipinski definition) is 1. The van der Waals surface area contributed by atoms with Crippen LogP contribution in [0.25, 0.3) is 6.08 Å². The van der Waals surface area contributed by atoms with Crippen molar-refractivity contribution in [2.45, 2.75) is 25.3 Å². The molecule has 1 aliphatic heterocycles. The molecule has 0 bridgehead atoms. The lowest BCUT2D eigenvalue weighted by Gasteiger charge is -2.23. The standard InChI is InChI=1S/C20H21BrN2O2S/c21-18-10-8-16(26-18)9-11-19(24)22-17(14-15-6-2-1-3-7-15)20(25)23-12-4-5-13-23/h1-3,6-11,17H,4-5,12-14H2,(H,22,24)/b11-9-. The van der Waals surface area contributed by atoms with Crippen molar-refractivity contribution < 1.29 is 9.59 Å². The molecule has 4 nitrogen and oxygen atoms in total. The molecule has 2 heterocycles. The summed E-state index contributed by atoms with van der Waals surface area (Å²) in [7, 11) is 0. The van der Waals surface area contributed by atoms with Crippen LogP contribution in [0.1, 0.15) is 23.3 Å². The predicted molar refractivity (Wildman–Crippen MR) is 109 cm³/mol. The highest BCUT2D eigenvalue weighted by molar-refractivity contribution is 9.11. The Kier molecular flexibility index (Phi) is 6.63. The van der Waals surface area contributed by atoms with E-state index >= 15 is 0 Å². The van der Waals surface area contributed by atoms with Crippen LogP contribution in [0.5, 0.6) is 0 Å². The molecule has 1 unspecified atom stereocenters. The molecule has 0 aliphatic carbocycles. The Balaban J connectivity index is 1.68. The maximum absolute atomic E-state index is 12.8. The van der Waals surface area contributed by atoms with Crippen LogP contribution in [-0.4, -0.2) is 35.8 Å². The molecule has 136 valence electrons. The van der Waals surface area contributed by atoms with Gasteiger partial charge in [0.05, 0.1) is 3.79 Å². The number of amides is 2. The second kappa shape index (κ2) is 9.14. The molecule has 1 aliphatic rings. The lowest BCUT2D eigenvalue weighted by molar-refractivity contribution is -0.134. The van der Waals surface area contributed by atoms with E-state index in [0.717, 1.165) is 40.2 Å². The van der Waals surface area contributed by atoms with Crippen molar-refractivity contribution in [2.75, 3.05) is 13.1 Å². The summed E-state index contributed by atoms with van der Waals surface area (Å²) in [5.41, 5.74) is 1.04. The second-order valence-electron chi connectivity index (χ2n) is 6.26. The van der Waals surface area contributed by atoms with Gasteiger partial charge in [-0.15, -0.1) is 11.3 Å². The van der Waals surface area contributed by atoms with Crippen LogP contribution in [0, 0.1) is 0 Å². The predicted octanol–water partition coefficient (Wildman–Crippen LogP) is 3.87. The van der Waals surface area contributed by atoms with Crippen LogP contribution in [0.3, 0.4) is 0 Å². The molecule has 0 radical (unpaired) electrons. The van der Waals surface area contributed by atoms with Crippen molar-refractivity contribution in [3.63, 3.8) is 0 Å². The topological polar surface area (TPSA) is 49.4 Å². The molecule has 2 aromatic rings. The largest absolute Gasteiger partial charge is 0.341 e. The van der Waals surface area contributed by atoms with Crippen molar-refractivity contribution in [3.8, 4) is 0 Å². The van der Waals surface area contributed by atoms with Gasteiger partial charge in [-0.2, -0.15) is 0 Å². The zero-order valence-corrected chi connectivity index (χ0v) is 16.8. The van der Waals surface area contributed by atoms with E-state index in [1.54, 1.807) is 17.4 Å². The fourth-order valence-corrected chi connectivity index (χ4v) is 4.33. The number of carbonyl (C=O) groups is 2. The molecule has 6 heteroatoms. The van der Waals surface area contributed by atoms with E-state index in [4.69, 9.17) is 0 Å². The van der Waals surface area contributed by atoms with Gasteiger partial charge in [0.1, 0.15) is 6.04 Å². The SMILES string of the molecule is O=C(/C=C\c1ccc(Br)s1)NC(Cc1ccccc1)C(=O)N1CCCC1. The lowest BCUT2D eigenvalue weighted by Crippen LogP contribution is -2.48. The highest BCUT2D eigenvalue weighted by Crippen LogP contribution is 2.23. The third-order valence-corrected chi connectivity index (χ3v) is 5.90. The van der Waals surface area contributed by atoms with E-state index in [2.05, 4.69) is 21.2 Å². The molecule has 1 N–H and O–H groups in total. The van der Waals surface area contributed by atoms with E-state index in [9.17, 15) is 9.59 Å². The van der Waals surface area contributed by atoms with Gasteiger partial charge in [-0.1, -0.05) is 30.3 Å². The first kappa shape index (κ1) is 18.9. The highest BCUT2D eigenvalue weighted by Gasteiger charge is 2.27. The second-order valence-corrected chi connectivity index (χ2v) is 8.75. The van der Waals surface area contributed by atoms with Crippen molar-refractivity contribution in [1.29, 1.82) is 0 Å². The van der Waals surface area contributed by atoms with E-state index in [1.807, 2.05) is 47.4 Å². The normalized spacial score (nSPS) is 15.3. The van der Waals surface area contributed by atoms with Gasteiger partial charge in [0, 0.05) is 30.5 Å². The number of halogens is 1. The summed E-state index contributed by atoms with van der Waals surface area (Å²) in [5, 5.41) is 2.90. The highest BCUT2D eigenvalue weighted by atomic mass is 79.9. The molecular formula is C20H21BrN2O2S. The quantitative estimate of drug-likeness (QED) is 0.704. The van der Waals surface area contributed by atoms with Gasteiger partial charge >= 0.3 is 0 Å². The maximum Gasteiger partial charge on any atom is 0.245 e. The Morgan fingerprint density at radius 2 is 1.88 bits per heavy atom. The zero-order valence-electron chi connectivity index (χ0n) is 14.4. The van der Waals surface area contributed by atoms with Crippen molar-refractivity contribution >= 4 is 45.2 Å². The molecule has 1 fully saturated rings. The van der Waals surface area contributed by atoms with Gasteiger partial charge in [0.2, 0.25) is 11.8 Å². The van der Waals surface area contributed by atoms with Crippen LogP contribution in [-0.2, 0) is 16.0 Å². The number of thiophene rings is 1. The van der Waals surface area contributed by atoms with Crippen LogP contribution in [0.15, 0.2) is 52.3 Å². The van der Waals surface area contributed by atoms with Crippen molar-refractivity contribution in [1.82, 2.24) is 10.2 Å². The Hall–Kier alpha value is -1.92. The van der Waals surface area contributed by atoms with Crippen LogP contribution in [0.4, 0.5) is 0 Å². The van der Waals surface area contributed by atoms with E-state index < -0.39 is 6.04 Å². The van der Waals surface area contributed by atoms with Gasteiger partial charge in [-0.25, -0.2) is 0 Å². The van der Waals surface area contributed by atoms with E-state index in [0.29, 0.717) is 6.42 Å². The molecule has 1 saturated heterocycles. The lowest BCUT2D eigenvalue weighted by atomic mass is 10.0. The first-order chi connectivity index (χ1) is 12.6. The number of rotatable bonds is 6. The summed E-state index contributed by atoms with van der Waals surface area (Å²) in [6.45, 7) is 1.55. The number of nitrogens with zero attached hydrogens (tertiary/aromatic N) is 1. The monoisotopic (exact) mass is 432 g/mol. The minimum Gasteiger partial charge on any atom is -0.341 e. The maximum atomic E-state index is 12.8. The fourth-order valence-electron chi connectivity index (χ4n) is 3.00. The molecule has 1 aromatic heterocycles. The van der Waals surface area contributed by atoms with E-state index in [1.165, 1.54) is 6.08 Å². The summed E-state index contributed by atoms with van der Waals surface area (Å²) in [6, 6.07) is 13.1. The Morgan fingerprint density at radius 1 is 1.15 bits per heavy atom. The number of nitrogens with one attached hydrogen (secondary N) is 1. The number of likely N-dealkylation sites (tertiary alicyclic amines) is 1. The molecular weight excluding hydrogens is 412 g/mol. The molecule has 0 saturated carbocycles. The van der Waals surface area contributed by atoms with Gasteiger partial charge < -0.3 is 10.2 Å². The fraction of sp³-hybridized carbons (Fsp3) is 0.300. The smallest absolute Gasteiger partial charge is 0.245 e. The molecule has 2 amide bonds. The first-order valence-electron chi connectivity index (χ1n) is 8.68. The molecule has 1 aromatic carbocycles. The Labute approximate surface area is 166 Å². The number of hydrogen-bond acceptors (Lipinski definition) is 3.